The van der Waals surface area contributed by atoms with E-state index in [1.807, 2.05) is 0 Å². The first-order valence-corrected chi connectivity index (χ1v) is 9.90. The number of nitrogens with one attached hydrogen (secondary N) is 2. The van der Waals surface area contributed by atoms with Crippen LogP contribution in [0.1, 0.15) is 15.9 Å². The second-order valence-corrected chi connectivity index (χ2v) is 6.73. The molecular weight excluding hydrogens is 455 g/mol. The van der Waals surface area contributed by atoms with E-state index in [4.69, 9.17) is 9.47 Å². The summed E-state index contributed by atoms with van der Waals surface area (Å²) in [5.74, 6) is -1.42. The minimum atomic E-state index is -3.04. The molecule has 0 fully saturated rings. The summed E-state index contributed by atoms with van der Waals surface area (Å²) in [6.45, 7) is -3.35. The third-order valence-electron chi connectivity index (χ3n) is 4.39. The van der Waals surface area contributed by atoms with Gasteiger partial charge in [-0.05, 0) is 36.4 Å². The zero-order chi connectivity index (χ0) is 24.5. The number of carbonyl (C=O) groups excluding carboxylic acids is 2. The van der Waals surface area contributed by atoms with Crippen molar-refractivity contribution in [2.45, 2.75) is 13.2 Å². The summed E-state index contributed by atoms with van der Waals surface area (Å²) < 4.78 is 53.1. The normalized spacial score (nSPS) is 10.5. The highest BCUT2D eigenvalue weighted by Crippen LogP contribution is 2.29. The average Bonchev–Trinajstić information content (AvgIpc) is 2.82. The first kappa shape index (κ1) is 24.4. The monoisotopic (exact) mass is 475 g/mol. The minimum absolute atomic E-state index is 0.0423. The number of benzene rings is 2. The summed E-state index contributed by atoms with van der Waals surface area (Å²) in [5, 5.41) is 5.04. The Hall–Kier alpha value is -4.28. The lowest BCUT2D eigenvalue weighted by Gasteiger charge is -2.12. The standard InChI is InChI=1S/C23H20F3N3O5/c1-32-19-10-14(7-8-18(19)34-23(25)26)21(31)29-13-20(30)28-12-15-4-3-9-27-22(15)33-17-6-2-5-16(24)11-17/h2-11,23H,12-13H2,1H3,(H,28,30)(H,29,31). The van der Waals surface area contributed by atoms with Crippen molar-refractivity contribution < 1.29 is 37.0 Å². The van der Waals surface area contributed by atoms with Gasteiger partial charge in [-0.25, -0.2) is 9.37 Å². The van der Waals surface area contributed by atoms with E-state index in [-0.39, 0.29) is 41.8 Å². The van der Waals surface area contributed by atoms with E-state index < -0.39 is 24.2 Å². The summed E-state index contributed by atoms with van der Waals surface area (Å²) in [5.41, 5.74) is 0.620. The summed E-state index contributed by atoms with van der Waals surface area (Å²) in [7, 11) is 1.24. The van der Waals surface area contributed by atoms with E-state index >= 15 is 0 Å². The highest BCUT2D eigenvalue weighted by molar-refractivity contribution is 5.97. The molecule has 3 rings (SSSR count). The van der Waals surface area contributed by atoms with Crippen molar-refractivity contribution in [3.05, 3.63) is 77.7 Å². The third kappa shape index (κ3) is 6.86. The number of aromatic nitrogens is 1. The number of rotatable bonds is 10. The topological polar surface area (TPSA) is 98.8 Å². The molecule has 0 unspecified atom stereocenters. The molecule has 2 N–H and O–H groups in total. The van der Waals surface area contributed by atoms with Crippen LogP contribution in [0.5, 0.6) is 23.1 Å². The van der Waals surface area contributed by atoms with Crippen molar-refractivity contribution in [1.29, 1.82) is 0 Å². The van der Waals surface area contributed by atoms with Crippen molar-refractivity contribution in [3.63, 3.8) is 0 Å². The van der Waals surface area contributed by atoms with Crippen LogP contribution in [0.2, 0.25) is 0 Å². The van der Waals surface area contributed by atoms with Crippen LogP contribution in [-0.4, -0.2) is 37.1 Å². The second kappa shape index (κ2) is 11.5. The zero-order valence-corrected chi connectivity index (χ0v) is 17.9. The van der Waals surface area contributed by atoms with Crippen LogP contribution in [0.15, 0.2) is 60.8 Å². The molecule has 3 aromatic rings. The van der Waals surface area contributed by atoms with Crippen LogP contribution in [0, 0.1) is 5.82 Å². The Balaban J connectivity index is 1.54. The van der Waals surface area contributed by atoms with Crippen LogP contribution in [0.4, 0.5) is 13.2 Å². The Morgan fingerprint density at radius 2 is 1.85 bits per heavy atom. The number of hydrogen-bond donors (Lipinski definition) is 2. The van der Waals surface area contributed by atoms with Crippen molar-refractivity contribution in [2.75, 3.05) is 13.7 Å². The summed E-state index contributed by atoms with van der Waals surface area (Å²) >= 11 is 0. The second-order valence-electron chi connectivity index (χ2n) is 6.73. The molecule has 0 saturated heterocycles. The van der Waals surface area contributed by atoms with Crippen LogP contribution < -0.4 is 24.8 Å². The highest BCUT2D eigenvalue weighted by Gasteiger charge is 2.15. The molecule has 1 heterocycles. The average molecular weight is 475 g/mol. The van der Waals surface area contributed by atoms with Gasteiger partial charge in [-0.15, -0.1) is 0 Å². The fraction of sp³-hybridized carbons (Fsp3) is 0.174. The van der Waals surface area contributed by atoms with Gasteiger partial charge in [0.1, 0.15) is 11.6 Å². The first-order chi connectivity index (χ1) is 16.4. The maximum Gasteiger partial charge on any atom is 0.387 e. The van der Waals surface area contributed by atoms with Gasteiger partial charge in [0.25, 0.3) is 5.91 Å². The van der Waals surface area contributed by atoms with Gasteiger partial charge in [0.2, 0.25) is 11.8 Å². The Labute approximate surface area is 192 Å². The molecule has 0 bridgehead atoms. The molecular formula is C23H20F3N3O5. The number of nitrogens with zero attached hydrogens (tertiary/aromatic N) is 1. The predicted molar refractivity (Wildman–Crippen MR) is 115 cm³/mol. The van der Waals surface area contributed by atoms with E-state index in [1.165, 1.54) is 49.7 Å². The molecule has 178 valence electrons. The molecule has 0 saturated carbocycles. The summed E-state index contributed by atoms with van der Waals surface area (Å²) in [4.78, 5) is 28.6. The maximum absolute atomic E-state index is 13.4. The third-order valence-corrected chi connectivity index (χ3v) is 4.39. The molecule has 0 aliphatic rings. The fourth-order valence-electron chi connectivity index (χ4n) is 2.81. The van der Waals surface area contributed by atoms with E-state index in [0.29, 0.717) is 5.56 Å². The van der Waals surface area contributed by atoms with E-state index in [0.717, 1.165) is 0 Å². The van der Waals surface area contributed by atoms with Gasteiger partial charge >= 0.3 is 6.61 Å². The predicted octanol–water partition coefficient (Wildman–Crippen LogP) is 3.67. The van der Waals surface area contributed by atoms with Crippen molar-refractivity contribution in [1.82, 2.24) is 15.6 Å². The Bertz CT molecular complexity index is 1160. The number of hydrogen-bond acceptors (Lipinski definition) is 6. The fourth-order valence-corrected chi connectivity index (χ4v) is 2.81. The molecule has 2 aromatic carbocycles. The molecule has 11 heteroatoms. The number of methoxy groups -OCH3 is 1. The smallest absolute Gasteiger partial charge is 0.387 e. The molecule has 8 nitrogen and oxygen atoms in total. The van der Waals surface area contributed by atoms with E-state index in [9.17, 15) is 22.8 Å². The summed E-state index contributed by atoms with van der Waals surface area (Å²) in [6.07, 6.45) is 1.49. The van der Waals surface area contributed by atoms with Gasteiger partial charge < -0.3 is 24.8 Å². The van der Waals surface area contributed by atoms with Crippen molar-refractivity contribution in [2.24, 2.45) is 0 Å². The van der Waals surface area contributed by atoms with E-state index in [2.05, 4.69) is 20.4 Å². The van der Waals surface area contributed by atoms with Crippen molar-refractivity contribution >= 4 is 11.8 Å². The van der Waals surface area contributed by atoms with E-state index in [1.54, 1.807) is 18.2 Å². The molecule has 0 spiro atoms. The number of halogens is 3. The quantitative estimate of drug-likeness (QED) is 0.464. The zero-order valence-electron chi connectivity index (χ0n) is 17.9. The SMILES string of the molecule is COc1cc(C(=O)NCC(=O)NCc2cccnc2Oc2cccc(F)c2)ccc1OC(F)F. The maximum atomic E-state index is 13.4. The number of pyridine rings is 1. The van der Waals surface area contributed by atoms with Gasteiger partial charge in [-0.2, -0.15) is 8.78 Å². The van der Waals surface area contributed by atoms with Crippen LogP contribution >= 0.6 is 0 Å². The van der Waals surface area contributed by atoms with Crippen LogP contribution in [0.25, 0.3) is 0 Å². The van der Waals surface area contributed by atoms with Gasteiger partial charge in [-0.1, -0.05) is 12.1 Å². The van der Waals surface area contributed by atoms with Crippen LogP contribution in [0.3, 0.4) is 0 Å². The lowest BCUT2D eigenvalue weighted by Crippen LogP contribution is -2.36. The van der Waals surface area contributed by atoms with Gasteiger partial charge in [0.15, 0.2) is 11.5 Å². The minimum Gasteiger partial charge on any atom is -0.493 e. The lowest BCUT2D eigenvalue weighted by molar-refractivity contribution is -0.120. The highest BCUT2D eigenvalue weighted by atomic mass is 19.3. The Morgan fingerprint density at radius 3 is 2.59 bits per heavy atom. The largest absolute Gasteiger partial charge is 0.493 e. The molecule has 1 aromatic heterocycles. The molecule has 0 radical (unpaired) electrons. The molecule has 34 heavy (non-hydrogen) atoms. The molecule has 0 aliphatic heterocycles. The lowest BCUT2D eigenvalue weighted by atomic mass is 10.2. The number of alkyl halides is 2. The van der Waals surface area contributed by atoms with Gasteiger partial charge in [-0.3, -0.25) is 9.59 Å². The number of amides is 2. The molecule has 0 aliphatic carbocycles. The summed E-state index contributed by atoms with van der Waals surface area (Å²) in [6, 6.07) is 12.5. The molecule has 0 atom stereocenters. The number of carbonyl (C=O) groups is 2. The first-order valence-electron chi connectivity index (χ1n) is 9.90. The Kier molecular flexibility index (Phi) is 8.27. The Morgan fingerprint density at radius 1 is 1.03 bits per heavy atom. The van der Waals surface area contributed by atoms with Gasteiger partial charge in [0.05, 0.1) is 13.7 Å². The van der Waals surface area contributed by atoms with Gasteiger partial charge in [0, 0.05) is 29.9 Å². The molecule has 2 amide bonds. The van der Waals surface area contributed by atoms with Crippen LogP contribution in [-0.2, 0) is 11.3 Å². The van der Waals surface area contributed by atoms with Crippen molar-refractivity contribution in [3.8, 4) is 23.1 Å². The number of ether oxygens (including phenoxy) is 3.